The van der Waals surface area contributed by atoms with Crippen LogP contribution in [0.5, 0.6) is 0 Å². The van der Waals surface area contributed by atoms with Crippen molar-refractivity contribution < 1.29 is 4.74 Å². The average Bonchev–Trinajstić information content (AvgIpc) is 2.78. The summed E-state index contributed by atoms with van der Waals surface area (Å²) >= 11 is 0. The summed E-state index contributed by atoms with van der Waals surface area (Å²) in [5.41, 5.74) is 4.47. The summed E-state index contributed by atoms with van der Waals surface area (Å²) in [5.74, 6) is 0.878. The molecule has 1 saturated heterocycles. The van der Waals surface area contributed by atoms with Crippen LogP contribution in [-0.2, 0) is 24.1 Å². The molecule has 0 saturated carbocycles. The van der Waals surface area contributed by atoms with Crippen LogP contribution in [0.15, 0.2) is 12.3 Å². The van der Waals surface area contributed by atoms with Crippen LogP contribution in [0.25, 0.3) is 0 Å². The zero-order chi connectivity index (χ0) is 16.1. The Bertz CT molecular complexity index is 502. The third-order valence-electron chi connectivity index (χ3n) is 5.66. The molecule has 1 aliphatic carbocycles. The molecule has 0 bridgehead atoms. The molecule has 2 aliphatic rings. The van der Waals surface area contributed by atoms with E-state index in [4.69, 9.17) is 9.72 Å². The Labute approximate surface area is 141 Å². The van der Waals surface area contributed by atoms with Gasteiger partial charge in [-0.25, -0.2) is 0 Å². The summed E-state index contributed by atoms with van der Waals surface area (Å²) in [7, 11) is 0. The minimum Gasteiger partial charge on any atom is -0.378 e. The van der Waals surface area contributed by atoms with Crippen molar-refractivity contribution in [2.24, 2.45) is 5.92 Å². The van der Waals surface area contributed by atoms with E-state index in [1.807, 2.05) is 6.20 Å². The first-order chi connectivity index (χ1) is 11.3. The van der Waals surface area contributed by atoms with Crippen molar-refractivity contribution in [3.05, 3.63) is 29.1 Å². The maximum atomic E-state index is 5.65. The van der Waals surface area contributed by atoms with E-state index >= 15 is 0 Å². The fraction of sp³-hybridized carbons (Fsp3) is 0.750. The number of hydrogen-bond acceptors (Lipinski definition) is 3. The predicted molar refractivity (Wildman–Crippen MR) is 94.6 cm³/mol. The fourth-order valence-corrected chi connectivity index (χ4v) is 4.31. The second-order valence-electron chi connectivity index (χ2n) is 7.25. The summed E-state index contributed by atoms with van der Waals surface area (Å²) in [4.78, 5) is 7.37. The molecule has 0 unspecified atom stereocenters. The maximum absolute atomic E-state index is 5.65. The van der Waals surface area contributed by atoms with Crippen LogP contribution >= 0.6 is 0 Å². The van der Waals surface area contributed by atoms with Gasteiger partial charge in [-0.2, -0.15) is 0 Å². The quantitative estimate of drug-likeness (QED) is 0.768. The van der Waals surface area contributed by atoms with E-state index in [-0.39, 0.29) is 0 Å². The largest absolute Gasteiger partial charge is 0.378 e. The molecule has 23 heavy (non-hydrogen) atoms. The summed E-state index contributed by atoms with van der Waals surface area (Å²) < 4.78 is 5.65. The van der Waals surface area contributed by atoms with E-state index in [2.05, 4.69) is 24.8 Å². The second-order valence-corrected chi connectivity index (χ2v) is 7.25. The number of nitrogens with zero attached hydrogens (tertiary/aromatic N) is 2. The first-order valence-corrected chi connectivity index (χ1v) is 9.59. The van der Waals surface area contributed by atoms with Crippen LogP contribution in [0.1, 0.15) is 62.8 Å². The van der Waals surface area contributed by atoms with Crippen LogP contribution in [0.4, 0.5) is 0 Å². The average molecular weight is 316 g/mol. The van der Waals surface area contributed by atoms with Gasteiger partial charge >= 0.3 is 0 Å². The van der Waals surface area contributed by atoms with Gasteiger partial charge in [0.25, 0.3) is 0 Å². The molecule has 128 valence electrons. The molecule has 0 aromatic carbocycles. The number of morpholine rings is 1. The number of rotatable bonds is 5. The molecule has 3 rings (SSSR count). The highest BCUT2D eigenvalue weighted by Crippen LogP contribution is 2.29. The van der Waals surface area contributed by atoms with Gasteiger partial charge in [-0.1, -0.05) is 26.7 Å². The molecule has 1 fully saturated rings. The topological polar surface area (TPSA) is 25.4 Å². The molecule has 1 aromatic heterocycles. The number of pyridine rings is 1. The standard InChI is InChI=1S/C20H32N2O/c1-3-6-16-7-5-8-19-17(13-16)9-10-21-20(19)14-22-11-12-23-15-18(22)4-2/h9-10,16,18H,3-8,11-15H2,1-2H3/t16-,18+/m1/s1. The van der Waals surface area contributed by atoms with Gasteiger partial charge in [0.05, 0.1) is 18.9 Å². The van der Waals surface area contributed by atoms with E-state index in [0.717, 1.165) is 38.6 Å². The van der Waals surface area contributed by atoms with E-state index in [9.17, 15) is 0 Å². The van der Waals surface area contributed by atoms with Gasteiger partial charge in [0.15, 0.2) is 0 Å². The molecule has 2 heterocycles. The summed E-state index contributed by atoms with van der Waals surface area (Å²) in [6.45, 7) is 8.37. The van der Waals surface area contributed by atoms with E-state index in [0.29, 0.717) is 6.04 Å². The lowest BCUT2D eigenvalue weighted by Crippen LogP contribution is -2.44. The molecule has 0 N–H and O–H groups in total. The van der Waals surface area contributed by atoms with Crippen molar-refractivity contribution in [1.29, 1.82) is 0 Å². The van der Waals surface area contributed by atoms with Gasteiger partial charge in [-0.15, -0.1) is 0 Å². The van der Waals surface area contributed by atoms with Gasteiger partial charge in [-0.05, 0) is 55.2 Å². The first kappa shape index (κ1) is 16.9. The Morgan fingerprint density at radius 1 is 1.35 bits per heavy atom. The van der Waals surface area contributed by atoms with Crippen LogP contribution in [-0.4, -0.2) is 35.7 Å². The highest BCUT2D eigenvalue weighted by atomic mass is 16.5. The maximum Gasteiger partial charge on any atom is 0.0622 e. The van der Waals surface area contributed by atoms with Gasteiger partial charge in [0, 0.05) is 25.3 Å². The van der Waals surface area contributed by atoms with Crippen molar-refractivity contribution in [2.45, 2.75) is 71.4 Å². The third-order valence-corrected chi connectivity index (χ3v) is 5.66. The Hall–Kier alpha value is -0.930. The Kier molecular flexibility index (Phi) is 6.07. The lowest BCUT2D eigenvalue weighted by Gasteiger charge is -2.35. The summed E-state index contributed by atoms with van der Waals surface area (Å²) in [6, 6.07) is 2.84. The van der Waals surface area contributed by atoms with Crippen molar-refractivity contribution in [1.82, 2.24) is 9.88 Å². The molecule has 1 aromatic rings. The normalized spacial score (nSPS) is 25.8. The van der Waals surface area contributed by atoms with E-state index in [1.165, 1.54) is 44.2 Å². The lowest BCUT2D eigenvalue weighted by molar-refractivity contribution is -0.0133. The molecule has 3 heteroatoms. The molecular formula is C20H32N2O. The highest BCUT2D eigenvalue weighted by molar-refractivity contribution is 5.32. The van der Waals surface area contributed by atoms with Gasteiger partial charge in [0.1, 0.15) is 0 Å². The molecular weight excluding hydrogens is 284 g/mol. The molecule has 0 amide bonds. The Morgan fingerprint density at radius 3 is 3.09 bits per heavy atom. The van der Waals surface area contributed by atoms with Crippen LogP contribution in [0.2, 0.25) is 0 Å². The van der Waals surface area contributed by atoms with Crippen LogP contribution < -0.4 is 0 Å². The molecule has 0 spiro atoms. The monoisotopic (exact) mass is 316 g/mol. The number of ether oxygens (including phenoxy) is 1. The lowest BCUT2D eigenvalue weighted by atomic mass is 9.93. The fourth-order valence-electron chi connectivity index (χ4n) is 4.31. The van der Waals surface area contributed by atoms with E-state index < -0.39 is 0 Å². The number of hydrogen-bond donors (Lipinski definition) is 0. The Balaban J connectivity index is 1.77. The summed E-state index contributed by atoms with van der Waals surface area (Å²) in [5, 5.41) is 0. The second kappa shape index (κ2) is 8.25. The van der Waals surface area contributed by atoms with Crippen LogP contribution in [0, 0.1) is 5.92 Å². The molecule has 3 nitrogen and oxygen atoms in total. The van der Waals surface area contributed by atoms with Crippen molar-refractivity contribution in [3.8, 4) is 0 Å². The number of fused-ring (bicyclic) bond motifs is 1. The summed E-state index contributed by atoms with van der Waals surface area (Å²) in [6.07, 6.45) is 11.1. The SMILES string of the molecule is CCC[C@@H]1CCCc2c(ccnc2CN2CCOC[C@@H]2CC)C1. The van der Waals surface area contributed by atoms with E-state index in [1.54, 1.807) is 11.1 Å². The third kappa shape index (κ3) is 4.13. The molecule has 2 atom stereocenters. The molecule has 0 radical (unpaired) electrons. The molecule has 1 aliphatic heterocycles. The van der Waals surface area contributed by atoms with Crippen molar-refractivity contribution in [2.75, 3.05) is 19.8 Å². The Morgan fingerprint density at radius 2 is 2.26 bits per heavy atom. The predicted octanol–water partition coefficient (Wildman–Crippen LogP) is 3.99. The zero-order valence-electron chi connectivity index (χ0n) is 14.9. The van der Waals surface area contributed by atoms with Gasteiger partial charge in [0.2, 0.25) is 0 Å². The van der Waals surface area contributed by atoms with Crippen molar-refractivity contribution >= 4 is 0 Å². The minimum atomic E-state index is 0.556. The minimum absolute atomic E-state index is 0.556. The van der Waals surface area contributed by atoms with Gasteiger partial charge < -0.3 is 4.74 Å². The van der Waals surface area contributed by atoms with Gasteiger partial charge in [-0.3, -0.25) is 9.88 Å². The highest BCUT2D eigenvalue weighted by Gasteiger charge is 2.24. The first-order valence-electron chi connectivity index (χ1n) is 9.59. The smallest absolute Gasteiger partial charge is 0.0622 e. The zero-order valence-corrected chi connectivity index (χ0v) is 14.9. The van der Waals surface area contributed by atoms with Crippen LogP contribution in [0.3, 0.4) is 0 Å². The van der Waals surface area contributed by atoms with Crippen molar-refractivity contribution in [3.63, 3.8) is 0 Å². The number of aromatic nitrogens is 1.